The molecule has 1 aromatic carbocycles. The molecule has 2 saturated heterocycles. The third-order valence-corrected chi connectivity index (χ3v) is 7.13. The van der Waals surface area contributed by atoms with Crippen LogP contribution in [0.4, 0.5) is 5.95 Å². The number of anilines is 1. The summed E-state index contributed by atoms with van der Waals surface area (Å²) in [4.78, 5) is 39.3. The fraction of sp³-hybridized carbons (Fsp3) is 0.500. The van der Waals surface area contributed by atoms with Crippen molar-refractivity contribution in [2.75, 3.05) is 31.1 Å². The van der Waals surface area contributed by atoms with Crippen LogP contribution in [-0.4, -0.2) is 58.4 Å². The summed E-state index contributed by atoms with van der Waals surface area (Å²) < 4.78 is 0. The molecule has 2 aliphatic rings. The van der Waals surface area contributed by atoms with Gasteiger partial charge in [0.25, 0.3) is 0 Å². The molecule has 4 rings (SSSR count). The van der Waals surface area contributed by atoms with Crippen molar-refractivity contribution in [1.29, 1.82) is 5.41 Å². The number of carbonyl (C=O) groups is 2. The number of aryl methyl sites for hydroxylation is 2. The molecule has 1 amide bonds. The number of nitrogens with zero attached hydrogens (tertiary/aromatic N) is 4. The van der Waals surface area contributed by atoms with E-state index >= 15 is 0 Å². The van der Waals surface area contributed by atoms with Gasteiger partial charge in [0, 0.05) is 37.6 Å². The van der Waals surface area contributed by atoms with Gasteiger partial charge in [0.15, 0.2) is 0 Å². The highest BCUT2D eigenvalue weighted by Crippen LogP contribution is 2.41. The van der Waals surface area contributed by atoms with Crippen LogP contribution in [0, 0.1) is 30.6 Å². The lowest BCUT2D eigenvalue weighted by molar-refractivity contribution is -0.148. The van der Waals surface area contributed by atoms with Crippen LogP contribution in [0.15, 0.2) is 36.4 Å². The molecule has 1 aromatic heterocycles. The molecule has 0 aliphatic carbocycles. The second kappa shape index (κ2) is 9.41. The second-order valence-corrected chi connectivity index (χ2v) is 9.52. The zero-order valence-corrected chi connectivity index (χ0v) is 19.8. The Bertz CT molecular complexity index is 1020. The van der Waals surface area contributed by atoms with Crippen LogP contribution in [0.25, 0.3) is 0 Å². The molecule has 1 spiro atoms. The van der Waals surface area contributed by atoms with E-state index < -0.39 is 5.92 Å². The number of carbonyl (C=O) groups excluding carboxylic acids is 2. The van der Waals surface area contributed by atoms with Crippen molar-refractivity contribution in [3.8, 4) is 0 Å². The van der Waals surface area contributed by atoms with Gasteiger partial charge in [-0.3, -0.25) is 9.59 Å². The maximum absolute atomic E-state index is 13.7. The lowest BCUT2D eigenvalue weighted by Crippen LogP contribution is -2.55. The molecule has 0 bridgehead atoms. The number of nitrogens with one attached hydrogen (secondary N) is 1. The summed E-state index contributed by atoms with van der Waals surface area (Å²) in [7, 11) is 0. The van der Waals surface area contributed by atoms with E-state index in [1.54, 1.807) is 0 Å². The van der Waals surface area contributed by atoms with Crippen molar-refractivity contribution in [3.63, 3.8) is 0 Å². The van der Waals surface area contributed by atoms with E-state index in [1.807, 2.05) is 55.1 Å². The van der Waals surface area contributed by atoms with Crippen LogP contribution in [0.2, 0.25) is 0 Å². The highest BCUT2D eigenvalue weighted by molar-refractivity contribution is 6.11. The predicted octanol–water partition coefficient (Wildman–Crippen LogP) is 3.58. The van der Waals surface area contributed by atoms with E-state index in [1.165, 1.54) is 6.92 Å². The quantitative estimate of drug-likeness (QED) is 0.684. The van der Waals surface area contributed by atoms with Gasteiger partial charge in [-0.2, -0.15) is 0 Å². The molecular formula is C26H33N5O2. The van der Waals surface area contributed by atoms with Gasteiger partial charge in [0.1, 0.15) is 5.78 Å². The number of ketones is 1. The number of benzene rings is 1. The lowest BCUT2D eigenvalue weighted by atomic mass is 9.71. The summed E-state index contributed by atoms with van der Waals surface area (Å²) in [5, 5.41) is 8.61. The molecule has 7 heteroatoms. The monoisotopic (exact) mass is 447 g/mol. The summed E-state index contributed by atoms with van der Waals surface area (Å²) in [6, 6.07) is 11.3. The standard InChI is InChI=1S/C26H33N5O2/c1-18-16-19(2)29-25(28-18)30-14-11-26(12-15-30)10-7-13-31(24(26)33)17-22(20(3)32)23(27)21-8-5-4-6-9-21/h4-6,8-9,16,22,27H,7,10-15,17H2,1-3H3. The zero-order valence-electron chi connectivity index (χ0n) is 19.8. The van der Waals surface area contributed by atoms with Crippen LogP contribution >= 0.6 is 0 Å². The molecule has 2 aliphatic heterocycles. The first kappa shape index (κ1) is 23.1. The van der Waals surface area contributed by atoms with Crippen molar-refractivity contribution in [3.05, 3.63) is 53.3 Å². The largest absolute Gasteiger partial charge is 0.341 e. The van der Waals surface area contributed by atoms with Crippen molar-refractivity contribution in [1.82, 2.24) is 14.9 Å². The van der Waals surface area contributed by atoms with Gasteiger partial charge in [0.2, 0.25) is 11.9 Å². The molecule has 7 nitrogen and oxygen atoms in total. The summed E-state index contributed by atoms with van der Waals surface area (Å²) in [6.45, 7) is 7.91. The minimum atomic E-state index is -0.602. The van der Waals surface area contributed by atoms with Gasteiger partial charge in [-0.05, 0) is 58.1 Å². The van der Waals surface area contributed by atoms with E-state index in [0.29, 0.717) is 6.54 Å². The van der Waals surface area contributed by atoms with E-state index in [-0.39, 0.29) is 29.4 Å². The van der Waals surface area contributed by atoms with Crippen LogP contribution in [0.3, 0.4) is 0 Å². The SMILES string of the molecule is CC(=O)C(CN1CCCC2(CCN(c3nc(C)cc(C)n3)CC2)C1=O)C(=N)c1ccccc1. The first-order chi connectivity index (χ1) is 15.8. The second-order valence-electron chi connectivity index (χ2n) is 9.52. The zero-order chi connectivity index (χ0) is 23.6. The molecule has 33 heavy (non-hydrogen) atoms. The maximum Gasteiger partial charge on any atom is 0.228 e. The number of rotatable bonds is 6. The highest BCUT2D eigenvalue weighted by atomic mass is 16.2. The highest BCUT2D eigenvalue weighted by Gasteiger charge is 2.46. The fourth-order valence-corrected chi connectivity index (χ4v) is 5.24. The number of aromatic nitrogens is 2. The maximum atomic E-state index is 13.7. The van der Waals surface area contributed by atoms with Crippen molar-refractivity contribution < 1.29 is 9.59 Å². The topological polar surface area (TPSA) is 90.2 Å². The van der Waals surface area contributed by atoms with Gasteiger partial charge in [-0.15, -0.1) is 0 Å². The number of piperidine rings is 2. The van der Waals surface area contributed by atoms with Gasteiger partial charge in [0.05, 0.1) is 17.0 Å². The number of likely N-dealkylation sites (tertiary alicyclic amines) is 1. The molecule has 1 atom stereocenters. The average Bonchev–Trinajstić information content (AvgIpc) is 2.80. The molecule has 0 saturated carbocycles. The summed E-state index contributed by atoms with van der Waals surface area (Å²) in [5.41, 5.74) is 2.54. The summed E-state index contributed by atoms with van der Waals surface area (Å²) >= 11 is 0. The minimum absolute atomic E-state index is 0.0712. The summed E-state index contributed by atoms with van der Waals surface area (Å²) in [6.07, 6.45) is 3.33. The Morgan fingerprint density at radius 2 is 1.70 bits per heavy atom. The van der Waals surface area contributed by atoms with Crippen molar-refractivity contribution in [2.24, 2.45) is 11.3 Å². The first-order valence-corrected chi connectivity index (χ1v) is 11.8. The molecule has 2 fully saturated rings. The molecule has 1 N–H and O–H groups in total. The Morgan fingerprint density at radius 3 is 2.30 bits per heavy atom. The molecule has 2 aromatic rings. The Labute approximate surface area is 195 Å². The van der Waals surface area contributed by atoms with Gasteiger partial charge in [-0.25, -0.2) is 9.97 Å². The van der Waals surface area contributed by atoms with Gasteiger partial charge in [-0.1, -0.05) is 30.3 Å². The van der Waals surface area contributed by atoms with Crippen LogP contribution < -0.4 is 4.90 Å². The Kier molecular flexibility index (Phi) is 6.58. The Morgan fingerprint density at radius 1 is 1.06 bits per heavy atom. The number of hydrogen-bond acceptors (Lipinski definition) is 6. The average molecular weight is 448 g/mol. The Balaban J connectivity index is 1.46. The third-order valence-electron chi connectivity index (χ3n) is 7.13. The van der Waals surface area contributed by atoms with Crippen LogP contribution in [0.5, 0.6) is 0 Å². The number of hydrogen-bond donors (Lipinski definition) is 1. The summed E-state index contributed by atoms with van der Waals surface area (Å²) in [5.74, 6) is 0.214. The smallest absolute Gasteiger partial charge is 0.228 e. The van der Waals surface area contributed by atoms with Gasteiger partial charge < -0.3 is 15.2 Å². The molecular weight excluding hydrogens is 414 g/mol. The molecule has 1 unspecified atom stereocenters. The predicted molar refractivity (Wildman–Crippen MR) is 129 cm³/mol. The molecule has 0 radical (unpaired) electrons. The van der Waals surface area contributed by atoms with Crippen molar-refractivity contribution >= 4 is 23.4 Å². The van der Waals surface area contributed by atoms with E-state index in [4.69, 9.17) is 5.41 Å². The lowest BCUT2D eigenvalue weighted by Gasteiger charge is -2.47. The Hall–Kier alpha value is -3.09. The van der Waals surface area contributed by atoms with Crippen molar-refractivity contribution in [2.45, 2.75) is 46.5 Å². The molecule has 3 heterocycles. The number of amides is 1. The van der Waals surface area contributed by atoms with E-state index in [2.05, 4.69) is 14.9 Å². The van der Waals surface area contributed by atoms with Crippen LogP contribution in [0.1, 0.15) is 49.6 Å². The van der Waals surface area contributed by atoms with E-state index in [9.17, 15) is 9.59 Å². The normalized spacial score (nSPS) is 18.9. The van der Waals surface area contributed by atoms with E-state index in [0.717, 1.165) is 61.7 Å². The minimum Gasteiger partial charge on any atom is -0.341 e. The number of Topliss-reactive ketones (excluding diaryl/α,β-unsaturated/α-hetero) is 1. The van der Waals surface area contributed by atoms with Gasteiger partial charge >= 0.3 is 0 Å². The van der Waals surface area contributed by atoms with Crippen LogP contribution in [-0.2, 0) is 9.59 Å². The fourth-order valence-electron chi connectivity index (χ4n) is 5.24. The third kappa shape index (κ3) is 4.82. The molecule has 174 valence electrons. The first-order valence-electron chi connectivity index (χ1n) is 11.8.